The van der Waals surface area contributed by atoms with E-state index in [-0.39, 0.29) is 57.6 Å². The van der Waals surface area contributed by atoms with Crippen LogP contribution in [0.2, 0.25) is 0 Å². The largest absolute Gasteiger partial charge is 0.309 e. The van der Waals surface area contributed by atoms with Gasteiger partial charge in [-0.05, 0) is 70.1 Å². The quantitative estimate of drug-likeness (QED) is 0.187. The maximum absolute atomic E-state index is 9.57. The molecule has 4 heteroatoms. The van der Waals surface area contributed by atoms with Crippen LogP contribution in [-0.2, 0) is 6.42 Å². The van der Waals surface area contributed by atoms with E-state index in [2.05, 4.69) is 42.5 Å². The monoisotopic (exact) mass is 645 g/mol. The van der Waals surface area contributed by atoms with Crippen LogP contribution >= 0.6 is 0 Å². The summed E-state index contributed by atoms with van der Waals surface area (Å²) in [6.45, 7) is 0. The minimum absolute atomic E-state index is 0.0664. The predicted octanol–water partition coefficient (Wildman–Crippen LogP) is 11.2. The van der Waals surface area contributed by atoms with Gasteiger partial charge < -0.3 is 4.57 Å². The summed E-state index contributed by atoms with van der Waals surface area (Å²) < 4.78 is 64.1. The lowest BCUT2D eigenvalue weighted by atomic mass is 10.0. The summed E-state index contributed by atoms with van der Waals surface area (Å²) in [5, 5.41) is 0.249. The van der Waals surface area contributed by atoms with E-state index >= 15 is 0 Å². The van der Waals surface area contributed by atoms with Crippen molar-refractivity contribution in [2.75, 3.05) is 0 Å². The van der Waals surface area contributed by atoms with Crippen LogP contribution in [0.15, 0.2) is 170 Å². The number of aromatic nitrogens is 4. The number of para-hydroxylation sites is 2. The van der Waals surface area contributed by atoms with Gasteiger partial charge in [0.15, 0.2) is 17.5 Å². The van der Waals surface area contributed by atoms with Crippen LogP contribution in [-0.4, -0.2) is 19.5 Å². The van der Waals surface area contributed by atoms with Gasteiger partial charge in [-0.25, -0.2) is 15.0 Å². The number of rotatable bonds is 5. The fourth-order valence-corrected chi connectivity index (χ4v) is 6.91. The first-order valence-electron chi connectivity index (χ1n) is 19.9. The molecule has 9 aromatic rings. The zero-order valence-corrected chi connectivity index (χ0v) is 26.6. The average molecular weight is 646 g/mol. The van der Waals surface area contributed by atoms with Crippen LogP contribution in [0.3, 0.4) is 0 Å². The van der Waals surface area contributed by atoms with Crippen LogP contribution in [0.1, 0.15) is 20.7 Å². The highest BCUT2D eigenvalue weighted by Gasteiger charge is 2.20. The van der Waals surface area contributed by atoms with E-state index in [4.69, 9.17) is 20.4 Å². The first-order valence-corrected chi connectivity index (χ1v) is 16.4. The number of benzene rings is 7. The zero-order valence-electron chi connectivity index (χ0n) is 33.6. The van der Waals surface area contributed by atoms with Gasteiger partial charge in [-0.15, -0.1) is 0 Å². The van der Waals surface area contributed by atoms with E-state index in [0.717, 1.165) is 17.5 Å². The molecule has 2 heterocycles. The summed E-state index contributed by atoms with van der Waals surface area (Å²) in [5.41, 5.74) is 9.07. The first kappa shape index (κ1) is 22.1. The standard InChI is InChI=1S/C46H30N4/c1-3-11-31(12-4-1)44-47-45(49-46(48-44)35-24-25-39-36(28-35)27-34-13-7-8-16-38(34)39)32-21-19-30(20-22-32)33-23-26-41-40-17-9-10-18-42(40)50(43(41)29-33)37-14-5-2-6-15-37/h1-26,28-29H,27H2/i9D,10D,17D,18D,23D,26D,29D. The molecule has 0 saturated heterocycles. The Bertz CT molecular complexity index is 3110. The number of hydrogen-bond acceptors (Lipinski definition) is 3. The van der Waals surface area contributed by atoms with Crippen molar-refractivity contribution in [2.45, 2.75) is 6.42 Å². The molecule has 7 aromatic carbocycles. The molecule has 1 aliphatic carbocycles. The molecule has 50 heavy (non-hydrogen) atoms. The van der Waals surface area contributed by atoms with Crippen molar-refractivity contribution in [3.8, 4) is 62.1 Å². The summed E-state index contributed by atoms with van der Waals surface area (Å²) in [4.78, 5) is 14.8. The topological polar surface area (TPSA) is 43.6 Å². The third-order valence-corrected chi connectivity index (χ3v) is 9.32. The van der Waals surface area contributed by atoms with Crippen LogP contribution in [0.4, 0.5) is 0 Å². The molecule has 0 N–H and O–H groups in total. The summed E-state index contributed by atoms with van der Waals surface area (Å²) >= 11 is 0. The van der Waals surface area contributed by atoms with E-state index in [9.17, 15) is 4.11 Å². The maximum atomic E-state index is 9.57. The molecule has 0 amide bonds. The number of nitrogens with zero attached hydrogens (tertiary/aromatic N) is 4. The van der Waals surface area contributed by atoms with Crippen molar-refractivity contribution in [3.05, 3.63) is 181 Å². The van der Waals surface area contributed by atoms with Crippen LogP contribution in [0, 0.1) is 0 Å². The fourth-order valence-electron chi connectivity index (χ4n) is 6.91. The smallest absolute Gasteiger partial charge is 0.164 e. The van der Waals surface area contributed by atoms with Gasteiger partial charge >= 0.3 is 0 Å². The second kappa shape index (κ2) is 11.5. The molecular weight excluding hydrogens is 609 g/mol. The van der Waals surface area contributed by atoms with Gasteiger partial charge in [0.2, 0.25) is 0 Å². The van der Waals surface area contributed by atoms with Crippen LogP contribution < -0.4 is 0 Å². The molecule has 0 spiro atoms. The average Bonchev–Trinajstić information content (AvgIpc) is 3.82. The van der Waals surface area contributed by atoms with Crippen molar-refractivity contribution >= 4 is 21.8 Å². The van der Waals surface area contributed by atoms with Crippen molar-refractivity contribution in [1.82, 2.24) is 19.5 Å². The Morgan fingerprint density at radius 2 is 1.06 bits per heavy atom. The molecule has 0 atom stereocenters. The Balaban J connectivity index is 1.13. The second-order valence-corrected chi connectivity index (χ2v) is 12.3. The minimum Gasteiger partial charge on any atom is -0.309 e. The lowest BCUT2D eigenvalue weighted by Crippen LogP contribution is -2.00. The molecule has 0 saturated carbocycles. The molecule has 0 bridgehead atoms. The van der Waals surface area contributed by atoms with E-state index in [1.807, 2.05) is 60.7 Å². The molecule has 234 valence electrons. The summed E-state index contributed by atoms with van der Waals surface area (Å²) in [6.07, 6.45) is 0.837. The van der Waals surface area contributed by atoms with Crippen LogP contribution in [0.25, 0.3) is 83.9 Å². The molecule has 0 unspecified atom stereocenters. The summed E-state index contributed by atoms with van der Waals surface area (Å²) in [5.74, 6) is 1.52. The molecule has 0 radical (unpaired) electrons. The Kier molecular flexibility index (Phi) is 5.08. The second-order valence-electron chi connectivity index (χ2n) is 12.3. The van der Waals surface area contributed by atoms with Crippen molar-refractivity contribution < 1.29 is 9.60 Å². The highest BCUT2D eigenvalue weighted by atomic mass is 15.0. The van der Waals surface area contributed by atoms with Crippen molar-refractivity contribution in [2.24, 2.45) is 0 Å². The molecule has 0 aliphatic heterocycles. The SMILES string of the molecule is [2H]c1c([2H])c([2H])c2c(c1[2H])c1c([2H])c([2H])c(-c3ccc(-c4nc(-c5ccccc5)nc(-c5ccc6c(c5)Cc5ccccc5-6)n4)cc3)c([2H])c1n2-c1ccccc1. The normalized spacial score (nSPS) is 13.9. The Morgan fingerprint density at radius 1 is 0.460 bits per heavy atom. The summed E-state index contributed by atoms with van der Waals surface area (Å²) in [7, 11) is 0. The molecule has 4 nitrogen and oxygen atoms in total. The molecular formula is C46H30N4. The van der Waals surface area contributed by atoms with Crippen molar-refractivity contribution in [3.63, 3.8) is 0 Å². The Labute approximate surface area is 299 Å². The third-order valence-electron chi connectivity index (χ3n) is 9.32. The highest BCUT2D eigenvalue weighted by Crippen LogP contribution is 2.39. The van der Waals surface area contributed by atoms with Gasteiger partial charge in [-0.1, -0.05) is 139 Å². The minimum atomic E-state index is -0.435. The van der Waals surface area contributed by atoms with Gasteiger partial charge in [-0.3, -0.25) is 0 Å². The first-order chi connectivity index (χ1) is 27.7. The number of hydrogen-bond donors (Lipinski definition) is 0. The van der Waals surface area contributed by atoms with Gasteiger partial charge in [0.05, 0.1) is 20.6 Å². The lowest BCUT2D eigenvalue weighted by Gasteiger charge is -2.11. The molecule has 10 rings (SSSR count). The summed E-state index contributed by atoms with van der Waals surface area (Å²) in [6, 6.07) is 38.9. The van der Waals surface area contributed by atoms with E-state index < -0.39 is 12.1 Å². The Hall–Kier alpha value is -6.65. The van der Waals surface area contributed by atoms with Crippen LogP contribution in [0.5, 0.6) is 0 Å². The van der Waals surface area contributed by atoms with Gasteiger partial charge in [0, 0.05) is 33.2 Å². The van der Waals surface area contributed by atoms with Gasteiger partial charge in [-0.2, -0.15) is 0 Å². The highest BCUT2D eigenvalue weighted by molar-refractivity contribution is 6.10. The van der Waals surface area contributed by atoms with E-state index in [1.54, 1.807) is 28.8 Å². The fraction of sp³-hybridized carbons (Fsp3) is 0.0217. The third kappa shape index (κ3) is 4.73. The van der Waals surface area contributed by atoms with Gasteiger partial charge in [0.1, 0.15) is 0 Å². The van der Waals surface area contributed by atoms with E-state index in [0.29, 0.717) is 34.3 Å². The van der Waals surface area contributed by atoms with Gasteiger partial charge in [0.25, 0.3) is 0 Å². The molecule has 1 aliphatic rings. The van der Waals surface area contributed by atoms with E-state index in [1.165, 1.54) is 22.3 Å². The van der Waals surface area contributed by atoms with Crippen molar-refractivity contribution in [1.29, 1.82) is 0 Å². The zero-order chi connectivity index (χ0) is 39.1. The Morgan fingerprint density at radius 3 is 1.86 bits per heavy atom. The molecule has 2 aromatic heterocycles. The number of fused-ring (bicyclic) bond motifs is 6. The predicted molar refractivity (Wildman–Crippen MR) is 204 cm³/mol. The maximum Gasteiger partial charge on any atom is 0.164 e. The molecule has 0 fully saturated rings. The lowest BCUT2D eigenvalue weighted by molar-refractivity contribution is 1.07.